The zero-order valence-corrected chi connectivity index (χ0v) is 12.7. The van der Waals surface area contributed by atoms with Gasteiger partial charge >= 0.3 is 0 Å². The Hall–Kier alpha value is -0.620. The van der Waals surface area contributed by atoms with E-state index in [1.54, 1.807) is 0 Å². The number of carbonyl (C=O) groups excluding carboxylic acids is 1. The van der Waals surface area contributed by atoms with Crippen LogP contribution in [0.3, 0.4) is 0 Å². The Balaban J connectivity index is 2.49. The molecule has 0 radical (unpaired) electrons. The molecule has 3 nitrogen and oxygen atoms in total. The van der Waals surface area contributed by atoms with Gasteiger partial charge in [0.25, 0.3) is 5.91 Å². The van der Waals surface area contributed by atoms with Crippen molar-refractivity contribution in [3.05, 3.63) is 33.4 Å². The highest BCUT2D eigenvalue weighted by Crippen LogP contribution is 2.08. The lowest BCUT2D eigenvalue weighted by molar-refractivity contribution is 0.0936. The van der Waals surface area contributed by atoms with E-state index in [-0.39, 0.29) is 11.9 Å². The van der Waals surface area contributed by atoms with Gasteiger partial charge in [-0.15, -0.1) is 0 Å². The standard InChI is InChI=1S/C13H19IN2O/c1-10(7-8-16(2)3)15-13(17)11-5-4-6-12(14)9-11/h4-6,9-10H,7-8H2,1-3H3,(H,15,17). The monoisotopic (exact) mass is 346 g/mol. The topological polar surface area (TPSA) is 32.3 Å². The molecule has 0 aromatic heterocycles. The van der Waals surface area contributed by atoms with Crippen LogP contribution in [0, 0.1) is 3.57 Å². The lowest BCUT2D eigenvalue weighted by Crippen LogP contribution is -2.34. The first-order chi connectivity index (χ1) is 7.99. The average molecular weight is 346 g/mol. The van der Waals surface area contributed by atoms with Gasteiger partial charge in [0.2, 0.25) is 0 Å². The molecule has 1 aromatic carbocycles. The third-order valence-electron chi connectivity index (χ3n) is 2.47. The van der Waals surface area contributed by atoms with Gasteiger partial charge < -0.3 is 10.2 Å². The Morgan fingerprint density at radius 1 is 1.47 bits per heavy atom. The van der Waals surface area contributed by atoms with E-state index in [4.69, 9.17) is 0 Å². The van der Waals surface area contributed by atoms with Crippen molar-refractivity contribution < 1.29 is 4.79 Å². The van der Waals surface area contributed by atoms with Crippen molar-refractivity contribution in [3.8, 4) is 0 Å². The minimum atomic E-state index is 0.00905. The van der Waals surface area contributed by atoms with Crippen LogP contribution >= 0.6 is 22.6 Å². The highest BCUT2D eigenvalue weighted by atomic mass is 127. The molecule has 94 valence electrons. The average Bonchev–Trinajstić information content (AvgIpc) is 2.26. The van der Waals surface area contributed by atoms with Gasteiger partial charge in [-0.2, -0.15) is 0 Å². The van der Waals surface area contributed by atoms with Crippen LogP contribution in [0.1, 0.15) is 23.7 Å². The second-order valence-corrected chi connectivity index (χ2v) is 5.72. The predicted octanol–water partition coefficient (Wildman–Crippen LogP) is 2.36. The molecule has 1 unspecified atom stereocenters. The number of hydrogen-bond acceptors (Lipinski definition) is 2. The minimum Gasteiger partial charge on any atom is -0.350 e. The van der Waals surface area contributed by atoms with Crippen LogP contribution in [0.2, 0.25) is 0 Å². The third-order valence-corrected chi connectivity index (χ3v) is 3.14. The molecule has 0 heterocycles. The van der Waals surface area contributed by atoms with Gasteiger partial charge in [0.1, 0.15) is 0 Å². The Morgan fingerprint density at radius 3 is 2.76 bits per heavy atom. The summed E-state index contributed by atoms with van der Waals surface area (Å²) in [4.78, 5) is 14.0. The van der Waals surface area contributed by atoms with E-state index < -0.39 is 0 Å². The number of nitrogens with zero attached hydrogens (tertiary/aromatic N) is 1. The quantitative estimate of drug-likeness (QED) is 0.831. The highest BCUT2D eigenvalue weighted by Gasteiger charge is 2.09. The maximum Gasteiger partial charge on any atom is 0.251 e. The van der Waals surface area contributed by atoms with Gasteiger partial charge in [-0.1, -0.05) is 6.07 Å². The molecule has 0 aliphatic heterocycles. The summed E-state index contributed by atoms with van der Waals surface area (Å²) in [6.45, 7) is 3.02. The van der Waals surface area contributed by atoms with E-state index in [1.807, 2.05) is 45.3 Å². The van der Waals surface area contributed by atoms with Crippen molar-refractivity contribution in [3.63, 3.8) is 0 Å². The fraction of sp³-hybridized carbons (Fsp3) is 0.462. The molecule has 1 atom stereocenters. The fourth-order valence-corrected chi connectivity index (χ4v) is 2.00. The lowest BCUT2D eigenvalue weighted by atomic mass is 10.2. The summed E-state index contributed by atoms with van der Waals surface area (Å²) in [5.41, 5.74) is 0.730. The van der Waals surface area contributed by atoms with Crippen molar-refractivity contribution >= 4 is 28.5 Å². The Labute approximate surface area is 117 Å². The van der Waals surface area contributed by atoms with Gasteiger partial charge in [-0.05, 0) is 74.8 Å². The van der Waals surface area contributed by atoms with Crippen LogP contribution in [0.4, 0.5) is 0 Å². The van der Waals surface area contributed by atoms with E-state index in [2.05, 4.69) is 32.8 Å². The van der Waals surface area contributed by atoms with Crippen LogP contribution in [-0.4, -0.2) is 37.5 Å². The molecule has 0 saturated heterocycles. The molecule has 1 aromatic rings. The number of rotatable bonds is 5. The molecular formula is C13H19IN2O. The molecular weight excluding hydrogens is 327 g/mol. The Bertz CT molecular complexity index is 379. The molecule has 0 bridgehead atoms. The molecule has 0 aliphatic carbocycles. The molecule has 4 heteroatoms. The number of hydrogen-bond donors (Lipinski definition) is 1. The molecule has 17 heavy (non-hydrogen) atoms. The summed E-state index contributed by atoms with van der Waals surface area (Å²) in [6.07, 6.45) is 0.961. The molecule has 0 saturated carbocycles. The highest BCUT2D eigenvalue weighted by molar-refractivity contribution is 14.1. The Kier molecular flexibility index (Phi) is 5.91. The molecule has 0 fully saturated rings. The number of benzene rings is 1. The number of nitrogens with one attached hydrogen (secondary N) is 1. The Morgan fingerprint density at radius 2 is 2.18 bits per heavy atom. The van der Waals surface area contributed by atoms with Crippen molar-refractivity contribution in [1.29, 1.82) is 0 Å². The fourth-order valence-electron chi connectivity index (χ4n) is 1.46. The zero-order valence-electron chi connectivity index (χ0n) is 10.5. The smallest absolute Gasteiger partial charge is 0.251 e. The third kappa shape index (κ3) is 5.50. The van der Waals surface area contributed by atoms with E-state index in [9.17, 15) is 4.79 Å². The van der Waals surface area contributed by atoms with Crippen molar-refractivity contribution in [2.24, 2.45) is 0 Å². The van der Waals surface area contributed by atoms with Gasteiger partial charge in [0, 0.05) is 15.2 Å². The summed E-state index contributed by atoms with van der Waals surface area (Å²) >= 11 is 2.21. The van der Waals surface area contributed by atoms with E-state index in [0.29, 0.717) is 0 Å². The second-order valence-electron chi connectivity index (χ2n) is 4.48. The van der Waals surface area contributed by atoms with Crippen molar-refractivity contribution in [1.82, 2.24) is 10.2 Å². The van der Waals surface area contributed by atoms with E-state index in [0.717, 1.165) is 22.1 Å². The number of carbonyl (C=O) groups is 1. The largest absolute Gasteiger partial charge is 0.350 e. The first-order valence-corrected chi connectivity index (χ1v) is 6.78. The van der Waals surface area contributed by atoms with Crippen molar-refractivity contribution in [2.45, 2.75) is 19.4 Å². The lowest BCUT2D eigenvalue weighted by Gasteiger charge is -2.16. The summed E-state index contributed by atoms with van der Waals surface area (Å²) in [6, 6.07) is 7.82. The first-order valence-electron chi connectivity index (χ1n) is 5.70. The van der Waals surface area contributed by atoms with Gasteiger partial charge in [0.05, 0.1) is 0 Å². The van der Waals surface area contributed by atoms with Crippen LogP contribution < -0.4 is 5.32 Å². The molecule has 0 spiro atoms. The van der Waals surface area contributed by atoms with Gasteiger partial charge in [0.15, 0.2) is 0 Å². The van der Waals surface area contributed by atoms with Crippen molar-refractivity contribution in [2.75, 3.05) is 20.6 Å². The molecule has 1 rings (SSSR count). The number of halogens is 1. The van der Waals surface area contributed by atoms with E-state index >= 15 is 0 Å². The van der Waals surface area contributed by atoms with Crippen LogP contribution in [-0.2, 0) is 0 Å². The predicted molar refractivity (Wildman–Crippen MR) is 79.3 cm³/mol. The SMILES string of the molecule is CC(CCN(C)C)NC(=O)c1cccc(I)c1. The summed E-state index contributed by atoms with van der Waals surface area (Å²) in [5, 5.41) is 3.01. The van der Waals surface area contributed by atoms with Crippen LogP contribution in [0.15, 0.2) is 24.3 Å². The summed E-state index contributed by atoms with van der Waals surface area (Å²) < 4.78 is 1.08. The minimum absolute atomic E-state index is 0.00905. The summed E-state index contributed by atoms with van der Waals surface area (Å²) in [7, 11) is 4.07. The van der Waals surface area contributed by atoms with E-state index in [1.165, 1.54) is 0 Å². The van der Waals surface area contributed by atoms with Gasteiger partial charge in [-0.3, -0.25) is 4.79 Å². The maximum absolute atomic E-state index is 11.9. The summed E-state index contributed by atoms with van der Waals surface area (Å²) in [5.74, 6) is 0.00905. The maximum atomic E-state index is 11.9. The first kappa shape index (κ1) is 14.4. The number of amides is 1. The second kappa shape index (κ2) is 6.96. The van der Waals surface area contributed by atoms with Crippen LogP contribution in [0.5, 0.6) is 0 Å². The van der Waals surface area contributed by atoms with Crippen LogP contribution in [0.25, 0.3) is 0 Å². The molecule has 1 N–H and O–H groups in total. The normalized spacial score (nSPS) is 12.5. The zero-order chi connectivity index (χ0) is 12.8. The van der Waals surface area contributed by atoms with Gasteiger partial charge in [-0.25, -0.2) is 0 Å². The molecule has 0 aliphatic rings. The molecule has 1 amide bonds.